The van der Waals surface area contributed by atoms with Gasteiger partial charge in [0.05, 0.1) is 11.2 Å². The Hall–Kier alpha value is -1.48. The molecular formula is C19H30N4O4S. The Bertz CT molecular complexity index is 833. The molecule has 1 aromatic heterocycles. The lowest BCUT2D eigenvalue weighted by molar-refractivity contribution is -0.131. The number of hydrogen-bond donors (Lipinski definition) is 1. The molecule has 1 amide bonds. The average Bonchev–Trinajstić information content (AvgIpc) is 3.38. The first-order valence-corrected chi connectivity index (χ1v) is 12.0. The summed E-state index contributed by atoms with van der Waals surface area (Å²) in [5, 5.41) is 3.96. The summed E-state index contributed by atoms with van der Waals surface area (Å²) in [5.74, 6) is 2.03. The molecule has 9 heteroatoms. The minimum Gasteiger partial charge on any atom is -0.341 e. The van der Waals surface area contributed by atoms with Crippen molar-refractivity contribution >= 4 is 15.9 Å². The summed E-state index contributed by atoms with van der Waals surface area (Å²) in [7, 11) is -3.28. The first-order chi connectivity index (χ1) is 13.3. The highest BCUT2D eigenvalue weighted by Crippen LogP contribution is 2.50. The van der Waals surface area contributed by atoms with E-state index in [0.29, 0.717) is 50.0 Å². The molecule has 3 fully saturated rings. The van der Waals surface area contributed by atoms with E-state index in [-0.39, 0.29) is 23.6 Å². The third kappa shape index (κ3) is 3.70. The molecule has 0 radical (unpaired) electrons. The maximum Gasteiger partial charge on any atom is 0.235 e. The Morgan fingerprint density at radius 3 is 2.75 bits per heavy atom. The molecule has 3 aliphatic rings. The summed E-state index contributed by atoms with van der Waals surface area (Å²) in [5.41, 5.74) is -0.451. The van der Waals surface area contributed by atoms with Crippen LogP contribution in [0.3, 0.4) is 0 Å². The Kier molecular flexibility index (Phi) is 5.24. The van der Waals surface area contributed by atoms with Gasteiger partial charge in [-0.1, -0.05) is 18.0 Å². The molecular weight excluding hydrogens is 380 g/mol. The molecule has 1 saturated heterocycles. The second kappa shape index (κ2) is 7.40. The van der Waals surface area contributed by atoms with Crippen molar-refractivity contribution in [3.63, 3.8) is 0 Å². The van der Waals surface area contributed by atoms with Gasteiger partial charge in [-0.3, -0.25) is 4.79 Å². The molecule has 1 aromatic rings. The fourth-order valence-electron chi connectivity index (χ4n) is 5.41. The van der Waals surface area contributed by atoms with Gasteiger partial charge < -0.3 is 9.42 Å². The Balaban J connectivity index is 1.53. The zero-order valence-electron chi connectivity index (χ0n) is 16.7. The predicted molar refractivity (Wildman–Crippen MR) is 103 cm³/mol. The van der Waals surface area contributed by atoms with Gasteiger partial charge >= 0.3 is 0 Å². The van der Waals surface area contributed by atoms with Crippen LogP contribution in [0.15, 0.2) is 4.52 Å². The fraction of sp³-hybridized carbons (Fsp3) is 0.842. The van der Waals surface area contributed by atoms with E-state index in [1.54, 1.807) is 13.8 Å². The van der Waals surface area contributed by atoms with Crippen molar-refractivity contribution < 1.29 is 17.7 Å². The minimum absolute atomic E-state index is 0.0623. The number of aryl methyl sites for hydroxylation is 1. The number of fused-ring (bicyclic) bond motifs is 1. The second-order valence-electron chi connectivity index (χ2n) is 8.79. The number of nitrogens with zero attached hydrogens (tertiary/aromatic N) is 3. The number of amides is 1. The summed E-state index contributed by atoms with van der Waals surface area (Å²) in [6.07, 6.45) is 6.66. The summed E-state index contributed by atoms with van der Waals surface area (Å²) in [6, 6.07) is -0.158. The molecule has 1 aliphatic heterocycles. The molecule has 2 heterocycles. The largest absolute Gasteiger partial charge is 0.341 e. The summed E-state index contributed by atoms with van der Waals surface area (Å²) in [6.45, 7) is 4.59. The van der Waals surface area contributed by atoms with Crippen molar-refractivity contribution in [2.24, 2.45) is 11.8 Å². The van der Waals surface area contributed by atoms with Crippen molar-refractivity contribution in [1.29, 1.82) is 0 Å². The van der Waals surface area contributed by atoms with Crippen LogP contribution < -0.4 is 4.72 Å². The average molecular weight is 411 g/mol. The van der Waals surface area contributed by atoms with Crippen molar-refractivity contribution in [1.82, 2.24) is 19.8 Å². The number of likely N-dealkylation sites (tertiary alicyclic amines) is 1. The molecule has 2 saturated carbocycles. The van der Waals surface area contributed by atoms with Crippen LogP contribution in [0.5, 0.6) is 0 Å². The highest BCUT2D eigenvalue weighted by molar-refractivity contribution is 7.89. The third-order valence-electron chi connectivity index (χ3n) is 6.85. The second-order valence-corrected chi connectivity index (χ2v) is 10.8. The molecule has 4 rings (SSSR count). The highest BCUT2D eigenvalue weighted by atomic mass is 32.2. The van der Waals surface area contributed by atoms with Crippen LogP contribution in [0.4, 0.5) is 0 Å². The molecule has 0 unspecified atom stereocenters. The van der Waals surface area contributed by atoms with E-state index in [0.717, 1.165) is 12.8 Å². The van der Waals surface area contributed by atoms with E-state index in [1.165, 1.54) is 12.8 Å². The van der Waals surface area contributed by atoms with E-state index in [4.69, 9.17) is 4.52 Å². The van der Waals surface area contributed by atoms with Crippen LogP contribution in [0.25, 0.3) is 0 Å². The first kappa shape index (κ1) is 19.8. The molecule has 0 aromatic carbocycles. The minimum atomic E-state index is -3.28. The highest BCUT2D eigenvalue weighted by Gasteiger charge is 2.58. The zero-order chi connectivity index (χ0) is 19.9. The molecule has 156 valence electrons. The van der Waals surface area contributed by atoms with Gasteiger partial charge in [-0.2, -0.15) is 4.98 Å². The van der Waals surface area contributed by atoms with Crippen LogP contribution in [-0.4, -0.2) is 54.2 Å². The standard InChI is InChI=1S/C19H30N4O4S/c1-3-28(25,26)22-16-9-15-11-23(17(24)8-14-6-4-5-7-14)12-19(15,10-16)18-20-13(2)21-27-18/h14-16,22H,3-12H2,1-2H3/t15-,16+,19-/m0/s1. The number of rotatable bonds is 6. The summed E-state index contributed by atoms with van der Waals surface area (Å²) >= 11 is 0. The van der Waals surface area contributed by atoms with Gasteiger partial charge in [0.25, 0.3) is 0 Å². The number of nitrogens with one attached hydrogen (secondary N) is 1. The maximum atomic E-state index is 12.9. The van der Waals surface area contributed by atoms with E-state index in [1.807, 2.05) is 4.90 Å². The van der Waals surface area contributed by atoms with Crippen LogP contribution in [0.2, 0.25) is 0 Å². The number of carbonyl (C=O) groups is 1. The number of hydrogen-bond acceptors (Lipinski definition) is 6. The monoisotopic (exact) mass is 410 g/mol. The maximum absolute atomic E-state index is 12.9. The lowest BCUT2D eigenvalue weighted by Gasteiger charge is -2.26. The van der Waals surface area contributed by atoms with Crippen molar-refractivity contribution in [2.45, 2.75) is 70.3 Å². The number of sulfonamides is 1. The molecule has 0 spiro atoms. The predicted octanol–water partition coefficient (Wildman–Crippen LogP) is 1.76. The van der Waals surface area contributed by atoms with Gasteiger partial charge in [-0.05, 0) is 51.4 Å². The Labute approximate surface area is 166 Å². The van der Waals surface area contributed by atoms with E-state index >= 15 is 0 Å². The van der Waals surface area contributed by atoms with Gasteiger partial charge in [0.15, 0.2) is 5.82 Å². The number of aromatic nitrogens is 2. The Morgan fingerprint density at radius 1 is 1.36 bits per heavy atom. The first-order valence-electron chi connectivity index (χ1n) is 10.4. The van der Waals surface area contributed by atoms with Crippen LogP contribution in [0.1, 0.15) is 63.6 Å². The SMILES string of the molecule is CCS(=O)(=O)N[C@@H]1C[C@H]2CN(C(=O)CC3CCCC3)C[C@@]2(c2nc(C)no2)C1. The van der Waals surface area contributed by atoms with Crippen molar-refractivity contribution in [3.8, 4) is 0 Å². The molecule has 28 heavy (non-hydrogen) atoms. The van der Waals surface area contributed by atoms with E-state index in [2.05, 4.69) is 14.9 Å². The van der Waals surface area contributed by atoms with Gasteiger partial charge in [0.2, 0.25) is 21.8 Å². The summed E-state index contributed by atoms with van der Waals surface area (Å²) < 4.78 is 32.5. The molecule has 0 bridgehead atoms. The number of carbonyl (C=O) groups excluding carboxylic acids is 1. The van der Waals surface area contributed by atoms with Crippen LogP contribution in [0, 0.1) is 18.8 Å². The van der Waals surface area contributed by atoms with Gasteiger partial charge in [-0.25, -0.2) is 13.1 Å². The summed E-state index contributed by atoms with van der Waals surface area (Å²) in [4.78, 5) is 19.3. The zero-order valence-corrected chi connectivity index (χ0v) is 17.5. The smallest absolute Gasteiger partial charge is 0.235 e. The quantitative estimate of drug-likeness (QED) is 0.766. The van der Waals surface area contributed by atoms with Gasteiger partial charge in [-0.15, -0.1) is 0 Å². The van der Waals surface area contributed by atoms with Crippen molar-refractivity contribution in [2.75, 3.05) is 18.8 Å². The van der Waals surface area contributed by atoms with Crippen LogP contribution in [-0.2, 0) is 20.2 Å². The third-order valence-corrected chi connectivity index (χ3v) is 8.30. The molecule has 8 nitrogen and oxygen atoms in total. The lowest BCUT2D eigenvalue weighted by atomic mass is 9.80. The molecule has 3 atom stereocenters. The lowest BCUT2D eigenvalue weighted by Crippen LogP contribution is -2.40. The van der Waals surface area contributed by atoms with E-state index in [9.17, 15) is 13.2 Å². The Morgan fingerprint density at radius 2 is 2.11 bits per heavy atom. The normalized spacial score (nSPS) is 30.9. The van der Waals surface area contributed by atoms with Gasteiger partial charge in [0, 0.05) is 25.6 Å². The molecule has 2 aliphatic carbocycles. The topological polar surface area (TPSA) is 105 Å². The van der Waals surface area contributed by atoms with Crippen LogP contribution >= 0.6 is 0 Å². The van der Waals surface area contributed by atoms with Crippen molar-refractivity contribution in [3.05, 3.63) is 11.7 Å². The molecule has 1 N–H and O–H groups in total. The van der Waals surface area contributed by atoms with Gasteiger partial charge in [0.1, 0.15) is 0 Å². The fourth-order valence-corrected chi connectivity index (χ4v) is 6.26. The van der Waals surface area contributed by atoms with E-state index < -0.39 is 15.4 Å².